The molecular formula is C23H18N3O4. The van der Waals surface area contributed by atoms with Crippen LogP contribution in [0.25, 0.3) is 44.6 Å². The van der Waals surface area contributed by atoms with E-state index in [-0.39, 0.29) is 0 Å². The number of furan rings is 1. The number of imidazole rings is 1. The van der Waals surface area contributed by atoms with E-state index in [1.54, 1.807) is 27.5 Å². The van der Waals surface area contributed by atoms with Crippen LogP contribution in [0.5, 0.6) is 17.2 Å². The maximum atomic E-state index is 6.26. The van der Waals surface area contributed by atoms with Crippen LogP contribution in [0, 0.1) is 6.33 Å². The third-order valence-corrected chi connectivity index (χ3v) is 5.04. The third-order valence-electron chi connectivity index (χ3n) is 5.04. The van der Waals surface area contributed by atoms with E-state index in [2.05, 4.69) is 21.3 Å². The third kappa shape index (κ3) is 2.83. The molecule has 149 valence electrons. The van der Waals surface area contributed by atoms with Crippen molar-refractivity contribution in [2.75, 3.05) is 21.3 Å². The van der Waals surface area contributed by atoms with E-state index in [0.717, 1.165) is 33.2 Å². The lowest BCUT2D eigenvalue weighted by atomic mass is 10.1. The number of nitrogens with zero attached hydrogens (tertiary/aromatic N) is 2. The van der Waals surface area contributed by atoms with Gasteiger partial charge in [-0.25, -0.2) is 4.98 Å². The van der Waals surface area contributed by atoms with E-state index in [9.17, 15) is 0 Å². The van der Waals surface area contributed by atoms with Crippen LogP contribution in [0.2, 0.25) is 0 Å². The van der Waals surface area contributed by atoms with Crippen molar-refractivity contribution >= 4 is 22.1 Å². The Morgan fingerprint density at radius 3 is 2.40 bits per heavy atom. The maximum absolute atomic E-state index is 6.26. The van der Waals surface area contributed by atoms with Crippen molar-refractivity contribution in [1.29, 1.82) is 0 Å². The lowest BCUT2D eigenvalue weighted by Crippen LogP contribution is -1.95. The molecule has 2 aromatic carbocycles. The zero-order chi connectivity index (χ0) is 20.7. The number of fused-ring (bicyclic) bond motifs is 2. The second kappa shape index (κ2) is 7.11. The standard InChI is InChI=1S/C23H18N3O4/c1-27-20-9-14(10-21(28-2)23(20)29-3)19-11-18-22(30-19)15(6-7-24-18)13-4-5-16-17(8-13)26-12-25-16/h4-11H,1-3H3,(H,25,26). The van der Waals surface area contributed by atoms with Gasteiger partial charge >= 0.3 is 0 Å². The molecule has 0 amide bonds. The van der Waals surface area contributed by atoms with Gasteiger partial charge in [0, 0.05) is 23.4 Å². The molecule has 30 heavy (non-hydrogen) atoms. The first-order valence-corrected chi connectivity index (χ1v) is 9.27. The molecule has 0 spiro atoms. The summed E-state index contributed by atoms with van der Waals surface area (Å²) in [5.74, 6) is 2.29. The van der Waals surface area contributed by atoms with Crippen molar-refractivity contribution < 1.29 is 18.6 Å². The van der Waals surface area contributed by atoms with Crippen LogP contribution in [0.4, 0.5) is 0 Å². The summed E-state index contributed by atoms with van der Waals surface area (Å²) in [7, 11) is 4.75. The summed E-state index contributed by atoms with van der Waals surface area (Å²) in [4.78, 5) is 11.7. The fourth-order valence-corrected chi connectivity index (χ4v) is 3.58. The van der Waals surface area contributed by atoms with Gasteiger partial charge in [0.05, 0.1) is 32.4 Å². The van der Waals surface area contributed by atoms with Gasteiger partial charge in [-0.05, 0) is 35.9 Å². The van der Waals surface area contributed by atoms with Crippen LogP contribution in [-0.2, 0) is 0 Å². The molecule has 0 aliphatic heterocycles. The topological polar surface area (TPSA) is 82.4 Å². The Balaban J connectivity index is 1.67. The van der Waals surface area contributed by atoms with Crippen LogP contribution < -0.4 is 14.2 Å². The number of ether oxygens (including phenoxy) is 3. The zero-order valence-electron chi connectivity index (χ0n) is 16.6. The Hall–Kier alpha value is -4.00. The molecule has 0 aliphatic carbocycles. The highest BCUT2D eigenvalue weighted by Gasteiger charge is 2.18. The Kier molecular flexibility index (Phi) is 4.28. The van der Waals surface area contributed by atoms with Gasteiger partial charge in [0.2, 0.25) is 5.75 Å². The van der Waals surface area contributed by atoms with Crippen molar-refractivity contribution in [2.24, 2.45) is 0 Å². The summed E-state index contributed by atoms with van der Waals surface area (Å²) in [5, 5.41) is 0. The molecule has 0 saturated heterocycles. The number of rotatable bonds is 5. The molecular weight excluding hydrogens is 382 g/mol. The van der Waals surface area contributed by atoms with E-state index in [0.29, 0.717) is 28.6 Å². The number of H-pyrrole nitrogens is 1. The highest BCUT2D eigenvalue weighted by molar-refractivity contribution is 5.94. The molecule has 1 radical (unpaired) electrons. The number of pyridine rings is 1. The number of benzene rings is 2. The number of aromatic nitrogens is 3. The van der Waals surface area contributed by atoms with Gasteiger partial charge in [-0.3, -0.25) is 4.98 Å². The van der Waals surface area contributed by atoms with Crippen molar-refractivity contribution in [1.82, 2.24) is 15.0 Å². The van der Waals surface area contributed by atoms with Crippen molar-refractivity contribution in [3.63, 3.8) is 0 Å². The number of methoxy groups -OCH3 is 3. The molecule has 5 aromatic rings. The number of nitrogens with one attached hydrogen (secondary N) is 1. The Bertz CT molecular complexity index is 1340. The molecule has 1 N–H and O–H groups in total. The van der Waals surface area contributed by atoms with Gasteiger partial charge in [0.15, 0.2) is 23.4 Å². The van der Waals surface area contributed by atoms with Gasteiger partial charge in [0.1, 0.15) is 11.3 Å². The molecule has 5 rings (SSSR count). The van der Waals surface area contributed by atoms with Crippen LogP contribution >= 0.6 is 0 Å². The summed E-state index contributed by atoms with van der Waals surface area (Å²) in [5.41, 5.74) is 5.94. The molecule has 7 heteroatoms. The second-order valence-electron chi connectivity index (χ2n) is 6.68. The minimum Gasteiger partial charge on any atom is -0.493 e. The number of aromatic amines is 1. The van der Waals surface area contributed by atoms with Crippen LogP contribution in [0.3, 0.4) is 0 Å². The molecule has 0 unspecified atom stereocenters. The molecule has 0 aliphatic rings. The summed E-state index contributed by atoms with van der Waals surface area (Å²) >= 11 is 0. The summed E-state index contributed by atoms with van der Waals surface area (Å²) in [6.07, 6.45) is 4.54. The molecule has 7 nitrogen and oxygen atoms in total. The molecule has 0 saturated carbocycles. The molecule has 3 aromatic heterocycles. The predicted molar refractivity (Wildman–Crippen MR) is 113 cm³/mol. The Labute approximate surface area is 172 Å². The zero-order valence-corrected chi connectivity index (χ0v) is 16.6. The van der Waals surface area contributed by atoms with Crippen molar-refractivity contribution in [2.45, 2.75) is 0 Å². The maximum Gasteiger partial charge on any atom is 0.203 e. The molecule has 0 atom stereocenters. The van der Waals surface area contributed by atoms with E-state index in [1.165, 1.54) is 0 Å². The smallest absolute Gasteiger partial charge is 0.203 e. The van der Waals surface area contributed by atoms with E-state index >= 15 is 0 Å². The predicted octanol–water partition coefficient (Wildman–Crippen LogP) is 4.86. The highest BCUT2D eigenvalue weighted by Crippen LogP contribution is 2.42. The lowest BCUT2D eigenvalue weighted by molar-refractivity contribution is 0.324. The molecule has 0 fully saturated rings. The quantitative estimate of drug-likeness (QED) is 0.453. The normalized spacial score (nSPS) is 11.2. The second-order valence-corrected chi connectivity index (χ2v) is 6.68. The van der Waals surface area contributed by atoms with Gasteiger partial charge in [-0.2, -0.15) is 0 Å². The fraction of sp³-hybridized carbons (Fsp3) is 0.130. The average molecular weight is 400 g/mol. The largest absolute Gasteiger partial charge is 0.493 e. The first-order valence-electron chi connectivity index (χ1n) is 9.27. The first kappa shape index (κ1) is 18.1. The van der Waals surface area contributed by atoms with Gasteiger partial charge in [-0.1, -0.05) is 6.07 Å². The van der Waals surface area contributed by atoms with Gasteiger partial charge in [0.25, 0.3) is 0 Å². The van der Waals surface area contributed by atoms with Crippen LogP contribution in [0.1, 0.15) is 0 Å². The minimum absolute atomic E-state index is 0.530. The average Bonchev–Trinajstić information content (AvgIpc) is 3.44. The van der Waals surface area contributed by atoms with Crippen LogP contribution in [0.15, 0.2) is 53.1 Å². The van der Waals surface area contributed by atoms with Crippen LogP contribution in [-0.4, -0.2) is 36.3 Å². The van der Waals surface area contributed by atoms with E-state index in [4.69, 9.17) is 18.6 Å². The number of hydrogen-bond acceptors (Lipinski definition) is 6. The first-order chi connectivity index (χ1) is 14.7. The fourth-order valence-electron chi connectivity index (χ4n) is 3.58. The lowest BCUT2D eigenvalue weighted by Gasteiger charge is -2.13. The van der Waals surface area contributed by atoms with Crippen molar-refractivity contribution in [3.05, 3.63) is 55.0 Å². The SMILES string of the molecule is COc1cc(-c2cc3nccc(-c4ccc5[nH][c]nc5c4)c3o2)cc(OC)c1OC. The van der Waals surface area contributed by atoms with Crippen molar-refractivity contribution in [3.8, 4) is 39.7 Å². The summed E-state index contributed by atoms with van der Waals surface area (Å²) < 4.78 is 22.6. The Morgan fingerprint density at radius 2 is 1.67 bits per heavy atom. The molecule has 0 bridgehead atoms. The monoisotopic (exact) mass is 400 g/mol. The van der Waals surface area contributed by atoms with E-state index in [1.807, 2.05) is 42.5 Å². The van der Waals surface area contributed by atoms with E-state index < -0.39 is 0 Å². The van der Waals surface area contributed by atoms with Gasteiger partial charge in [-0.15, -0.1) is 0 Å². The molecule has 3 heterocycles. The van der Waals surface area contributed by atoms with Gasteiger partial charge < -0.3 is 23.6 Å². The summed E-state index contributed by atoms with van der Waals surface area (Å²) in [6, 6.07) is 13.5. The summed E-state index contributed by atoms with van der Waals surface area (Å²) in [6.45, 7) is 0. The minimum atomic E-state index is 0.530. The number of hydrogen-bond donors (Lipinski definition) is 1. The Morgan fingerprint density at radius 1 is 0.867 bits per heavy atom. The highest BCUT2D eigenvalue weighted by atomic mass is 16.5.